The van der Waals surface area contributed by atoms with Gasteiger partial charge in [0.25, 0.3) is 0 Å². The highest BCUT2D eigenvalue weighted by molar-refractivity contribution is 5.58. The highest BCUT2D eigenvalue weighted by atomic mass is 16.5. The maximum atomic E-state index is 9.25. The van der Waals surface area contributed by atoms with Crippen molar-refractivity contribution in [3.05, 3.63) is 29.7 Å². The van der Waals surface area contributed by atoms with E-state index < -0.39 is 6.10 Å². The van der Waals surface area contributed by atoms with Gasteiger partial charge in [-0.2, -0.15) is 4.98 Å². The lowest BCUT2D eigenvalue weighted by Crippen LogP contribution is -2.04. The fraction of sp³-hybridized carbons (Fsp3) is 0.385. The molecule has 0 aliphatic carbocycles. The van der Waals surface area contributed by atoms with Gasteiger partial charge in [0.2, 0.25) is 11.7 Å². The van der Waals surface area contributed by atoms with E-state index in [1.807, 2.05) is 25.1 Å². The lowest BCUT2D eigenvalue weighted by Gasteiger charge is -2.04. The van der Waals surface area contributed by atoms with Gasteiger partial charge in [-0.1, -0.05) is 5.16 Å². The summed E-state index contributed by atoms with van der Waals surface area (Å²) >= 11 is 0. The summed E-state index contributed by atoms with van der Waals surface area (Å²) in [5, 5.41) is 13.2. The van der Waals surface area contributed by atoms with Gasteiger partial charge in [-0.15, -0.1) is 0 Å². The molecule has 0 spiro atoms. The number of nitrogens with zero attached hydrogens (tertiary/aromatic N) is 2. The molecule has 2 aromatic rings. The normalized spacial score (nSPS) is 12.4. The Balaban J connectivity index is 2.26. The summed E-state index contributed by atoms with van der Waals surface area (Å²) in [7, 11) is 1.64. The van der Waals surface area contributed by atoms with Crippen molar-refractivity contribution in [2.24, 2.45) is 0 Å². The summed E-state index contributed by atoms with van der Waals surface area (Å²) < 4.78 is 10.3. The lowest BCUT2D eigenvalue weighted by molar-refractivity contribution is 0.181. The Morgan fingerprint density at radius 1 is 1.44 bits per heavy atom. The van der Waals surface area contributed by atoms with Crippen LogP contribution >= 0.6 is 0 Å². The van der Waals surface area contributed by atoms with E-state index in [1.54, 1.807) is 14.0 Å². The molecule has 1 N–H and O–H groups in total. The van der Waals surface area contributed by atoms with Crippen molar-refractivity contribution in [3.8, 4) is 17.1 Å². The summed E-state index contributed by atoms with van der Waals surface area (Å²) in [6, 6.07) is 5.69. The number of aliphatic hydroxyl groups is 1. The smallest absolute Gasteiger partial charge is 0.229 e. The first-order valence-corrected chi connectivity index (χ1v) is 5.76. The van der Waals surface area contributed by atoms with Crippen LogP contribution in [0.25, 0.3) is 11.4 Å². The molecule has 1 unspecified atom stereocenters. The zero-order valence-corrected chi connectivity index (χ0v) is 10.7. The first-order chi connectivity index (χ1) is 8.60. The second kappa shape index (κ2) is 5.18. The fourth-order valence-corrected chi connectivity index (χ4v) is 1.73. The zero-order chi connectivity index (χ0) is 13.1. The van der Waals surface area contributed by atoms with Gasteiger partial charge in [0.15, 0.2) is 0 Å². The Hall–Kier alpha value is -1.88. The summed E-state index contributed by atoms with van der Waals surface area (Å²) in [5.74, 6) is 1.79. The summed E-state index contributed by atoms with van der Waals surface area (Å²) in [5.41, 5.74) is 1.88. The number of methoxy groups -OCH3 is 1. The standard InChI is InChI=1S/C13H16N2O3/c1-8-6-10(4-5-11(8)17-3)13-14-12(18-15-13)7-9(2)16/h4-6,9,16H,7H2,1-3H3. The van der Waals surface area contributed by atoms with E-state index in [0.29, 0.717) is 18.1 Å². The van der Waals surface area contributed by atoms with Crippen LogP contribution in [0.1, 0.15) is 18.4 Å². The molecule has 2 rings (SSSR count). The van der Waals surface area contributed by atoms with Crippen LogP contribution in [0.2, 0.25) is 0 Å². The number of hydrogen-bond acceptors (Lipinski definition) is 5. The van der Waals surface area contributed by atoms with E-state index >= 15 is 0 Å². The van der Waals surface area contributed by atoms with E-state index in [9.17, 15) is 5.11 Å². The van der Waals surface area contributed by atoms with Crippen LogP contribution in [0, 0.1) is 6.92 Å². The van der Waals surface area contributed by atoms with Crippen molar-refractivity contribution in [1.82, 2.24) is 10.1 Å². The molecule has 0 aliphatic rings. The number of hydrogen-bond donors (Lipinski definition) is 1. The fourth-order valence-electron chi connectivity index (χ4n) is 1.73. The van der Waals surface area contributed by atoms with Crippen LogP contribution in [-0.2, 0) is 6.42 Å². The maximum absolute atomic E-state index is 9.25. The van der Waals surface area contributed by atoms with Gasteiger partial charge in [0.05, 0.1) is 19.6 Å². The van der Waals surface area contributed by atoms with Crippen LogP contribution in [-0.4, -0.2) is 28.5 Å². The predicted octanol–water partition coefficient (Wildman–Crippen LogP) is 1.98. The SMILES string of the molecule is COc1ccc(-c2noc(CC(C)O)n2)cc1C. The number of ether oxygens (including phenoxy) is 1. The molecule has 1 heterocycles. The molecule has 1 aromatic carbocycles. The number of aryl methyl sites for hydroxylation is 1. The molecule has 0 fully saturated rings. The number of rotatable bonds is 4. The molecule has 1 atom stereocenters. The van der Waals surface area contributed by atoms with Gasteiger partial charge < -0.3 is 14.4 Å². The van der Waals surface area contributed by atoms with Crippen LogP contribution in [0.5, 0.6) is 5.75 Å². The van der Waals surface area contributed by atoms with Crippen molar-refractivity contribution in [2.45, 2.75) is 26.4 Å². The second-order valence-corrected chi connectivity index (χ2v) is 4.25. The summed E-state index contributed by atoms with van der Waals surface area (Å²) in [4.78, 5) is 4.24. The first kappa shape index (κ1) is 12.6. The number of aromatic nitrogens is 2. The third kappa shape index (κ3) is 2.68. The topological polar surface area (TPSA) is 68.4 Å². The molecule has 5 heteroatoms. The van der Waals surface area contributed by atoms with Crippen molar-refractivity contribution < 1.29 is 14.4 Å². The van der Waals surface area contributed by atoms with Crippen molar-refractivity contribution >= 4 is 0 Å². The Kier molecular flexibility index (Phi) is 3.62. The number of benzene rings is 1. The molecule has 0 bridgehead atoms. The maximum Gasteiger partial charge on any atom is 0.229 e. The van der Waals surface area contributed by atoms with Crippen LogP contribution in [0.15, 0.2) is 22.7 Å². The minimum absolute atomic E-state index is 0.363. The van der Waals surface area contributed by atoms with Crippen molar-refractivity contribution in [1.29, 1.82) is 0 Å². The molecule has 5 nitrogen and oxygen atoms in total. The number of aliphatic hydroxyl groups excluding tert-OH is 1. The zero-order valence-electron chi connectivity index (χ0n) is 10.7. The molecule has 0 radical (unpaired) electrons. The van der Waals surface area contributed by atoms with E-state index in [-0.39, 0.29) is 0 Å². The predicted molar refractivity (Wildman–Crippen MR) is 66.4 cm³/mol. The van der Waals surface area contributed by atoms with E-state index in [2.05, 4.69) is 10.1 Å². The Bertz CT molecular complexity index is 535. The second-order valence-electron chi connectivity index (χ2n) is 4.25. The molecule has 1 aromatic heterocycles. The quantitative estimate of drug-likeness (QED) is 0.896. The third-order valence-corrected chi connectivity index (χ3v) is 2.59. The molecule has 0 amide bonds. The highest BCUT2D eigenvalue weighted by Crippen LogP contribution is 2.24. The molecular formula is C13H16N2O3. The van der Waals surface area contributed by atoms with Gasteiger partial charge in [-0.05, 0) is 37.6 Å². The minimum atomic E-state index is -0.490. The first-order valence-electron chi connectivity index (χ1n) is 5.76. The van der Waals surface area contributed by atoms with Gasteiger partial charge in [-0.25, -0.2) is 0 Å². The van der Waals surface area contributed by atoms with Gasteiger partial charge in [-0.3, -0.25) is 0 Å². The summed E-state index contributed by atoms with van der Waals surface area (Å²) in [6.45, 7) is 3.64. The van der Waals surface area contributed by atoms with Gasteiger partial charge in [0, 0.05) is 5.56 Å². The highest BCUT2D eigenvalue weighted by Gasteiger charge is 2.11. The van der Waals surface area contributed by atoms with E-state index in [1.165, 1.54) is 0 Å². The summed E-state index contributed by atoms with van der Waals surface area (Å²) in [6.07, 6.45) is -0.127. The van der Waals surface area contributed by atoms with Crippen LogP contribution in [0.3, 0.4) is 0 Å². The average molecular weight is 248 g/mol. The Labute approximate surface area is 105 Å². The lowest BCUT2D eigenvalue weighted by atomic mass is 10.1. The molecule has 18 heavy (non-hydrogen) atoms. The molecule has 96 valence electrons. The van der Waals surface area contributed by atoms with Gasteiger partial charge in [0.1, 0.15) is 5.75 Å². The van der Waals surface area contributed by atoms with E-state index in [4.69, 9.17) is 9.26 Å². The van der Waals surface area contributed by atoms with Crippen LogP contribution in [0.4, 0.5) is 0 Å². The largest absolute Gasteiger partial charge is 0.496 e. The van der Waals surface area contributed by atoms with Crippen molar-refractivity contribution in [2.75, 3.05) is 7.11 Å². The van der Waals surface area contributed by atoms with Gasteiger partial charge >= 0.3 is 0 Å². The Morgan fingerprint density at radius 2 is 2.22 bits per heavy atom. The van der Waals surface area contributed by atoms with Crippen molar-refractivity contribution in [3.63, 3.8) is 0 Å². The average Bonchev–Trinajstić information content (AvgIpc) is 2.76. The molecule has 0 saturated heterocycles. The van der Waals surface area contributed by atoms with Crippen LogP contribution < -0.4 is 4.74 Å². The minimum Gasteiger partial charge on any atom is -0.496 e. The third-order valence-electron chi connectivity index (χ3n) is 2.59. The Morgan fingerprint density at radius 3 is 2.83 bits per heavy atom. The molecule has 0 saturated carbocycles. The molecule has 0 aliphatic heterocycles. The van der Waals surface area contributed by atoms with E-state index in [0.717, 1.165) is 16.9 Å². The molecular weight excluding hydrogens is 232 g/mol. The monoisotopic (exact) mass is 248 g/mol.